The summed E-state index contributed by atoms with van der Waals surface area (Å²) in [4.78, 5) is 0. The Hall–Kier alpha value is -0.260. The Bertz CT molecular complexity index is 622. The molecule has 0 amide bonds. The van der Waals surface area contributed by atoms with Gasteiger partial charge in [0.05, 0.1) is 0 Å². The minimum atomic E-state index is 0.626. The van der Waals surface area contributed by atoms with Crippen molar-refractivity contribution in [3.63, 3.8) is 0 Å². The molecule has 9 atom stereocenters. The Balaban J connectivity index is 1.17. The van der Waals surface area contributed by atoms with Crippen LogP contribution in [0.2, 0.25) is 0 Å². The first-order chi connectivity index (χ1) is 13.6. The van der Waals surface area contributed by atoms with Gasteiger partial charge in [0.25, 0.3) is 0 Å². The van der Waals surface area contributed by atoms with Crippen LogP contribution in [0.25, 0.3) is 0 Å². The molecule has 6 rings (SSSR count). The molecule has 5 saturated carbocycles. The van der Waals surface area contributed by atoms with Gasteiger partial charge in [-0.15, -0.1) is 0 Å². The fourth-order valence-electron chi connectivity index (χ4n) is 10.3. The Kier molecular flexibility index (Phi) is 4.37. The molecule has 0 N–H and O–H groups in total. The molecule has 0 heteroatoms. The first-order valence-electron chi connectivity index (χ1n) is 13.3. The lowest BCUT2D eigenvalue weighted by atomic mass is 9.58. The van der Waals surface area contributed by atoms with E-state index >= 15 is 0 Å². The van der Waals surface area contributed by atoms with Gasteiger partial charge < -0.3 is 0 Å². The zero-order chi connectivity index (χ0) is 18.9. The van der Waals surface area contributed by atoms with Crippen molar-refractivity contribution in [1.82, 2.24) is 0 Å². The second-order valence-electron chi connectivity index (χ2n) is 12.9. The molecule has 0 spiro atoms. The van der Waals surface area contributed by atoms with Crippen molar-refractivity contribution in [2.75, 3.05) is 0 Å². The first kappa shape index (κ1) is 18.5. The molecule has 9 unspecified atom stereocenters. The molecule has 6 aliphatic carbocycles. The van der Waals surface area contributed by atoms with Crippen LogP contribution in [0, 0.1) is 58.2 Å². The number of fused-ring (bicyclic) bond motifs is 9. The average molecular weight is 381 g/mol. The predicted octanol–water partition coefficient (Wildman–Crippen LogP) is 8.03. The van der Waals surface area contributed by atoms with Gasteiger partial charge in [-0.05, 0) is 110 Å². The van der Waals surface area contributed by atoms with Gasteiger partial charge in [-0.25, -0.2) is 0 Å². The van der Waals surface area contributed by atoms with Crippen LogP contribution in [0.15, 0.2) is 12.2 Å². The van der Waals surface area contributed by atoms with Crippen LogP contribution in [0.3, 0.4) is 0 Å². The average Bonchev–Trinajstić information content (AvgIpc) is 3.41. The summed E-state index contributed by atoms with van der Waals surface area (Å²) in [5, 5.41) is 0. The zero-order valence-electron chi connectivity index (χ0n) is 18.7. The molecule has 0 aliphatic heterocycles. The van der Waals surface area contributed by atoms with Gasteiger partial charge in [0.15, 0.2) is 0 Å². The molecule has 28 heavy (non-hydrogen) atoms. The fourth-order valence-corrected chi connectivity index (χ4v) is 10.3. The molecule has 6 aliphatic rings. The smallest absolute Gasteiger partial charge is 0.0194 e. The predicted molar refractivity (Wildman–Crippen MR) is 118 cm³/mol. The highest BCUT2D eigenvalue weighted by Gasteiger charge is 2.61. The molecule has 156 valence electrons. The molecule has 0 nitrogen and oxygen atoms in total. The van der Waals surface area contributed by atoms with E-state index in [0.29, 0.717) is 10.8 Å². The van der Waals surface area contributed by atoms with E-state index in [1.54, 1.807) is 32.1 Å². The highest BCUT2D eigenvalue weighted by Crippen LogP contribution is 2.69. The van der Waals surface area contributed by atoms with Crippen molar-refractivity contribution in [2.24, 2.45) is 58.2 Å². The van der Waals surface area contributed by atoms with Crippen molar-refractivity contribution in [3.05, 3.63) is 12.2 Å². The zero-order valence-corrected chi connectivity index (χ0v) is 18.7. The number of hydrogen-bond donors (Lipinski definition) is 0. The summed E-state index contributed by atoms with van der Waals surface area (Å²) in [5.41, 5.74) is 1.26. The fraction of sp³-hybridized carbons (Fsp3) is 0.929. The Labute approximate surface area is 174 Å². The molecule has 0 radical (unpaired) electrons. The second-order valence-corrected chi connectivity index (χ2v) is 12.9. The van der Waals surface area contributed by atoms with Gasteiger partial charge in [-0.3, -0.25) is 0 Å². The molecule has 4 bridgehead atoms. The van der Waals surface area contributed by atoms with Gasteiger partial charge in [0, 0.05) is 0 Å². The maximum Gasteiger partial charge on any atom is -0.0194 e. The summed E-state index contributed by atoms with van der Waals surface area (Å²) in [7, 11) is 0. The van der Waals surface area contributed by atoms with Gasteiger partial charge in [-0.1, -0.05) is 64.5 Å². The molecule has 0 aromatic carbocycles. The maximum absolute atomic E-state index is 2.72. The third kappa shape index (κ3) is 2.61. The molecule has 0 aromatic heterocycles. The second kappa shape index (κ2) is 6.62. The lowest BCUT2D eigenvalue weighted by Crippen LogP contribution is -2.37. The normalized spacial score (nSPS) is 54.5. The van der Waals surface area contributed by atoms with Crippen LogP contribution in [-0.2, 0) is 0 Å². The van der Waals surface area contributed by atoms with Gasteiger partial charge in [-0.2, -0.15) is 0 Å². The number of rotatable bonds is 2. The van der Waals surface area contributed by atoms with E-state index in [1.807, 2.05) is 0 Å². The highest BCUT2D eigenvalue weighted by atomic mass is 14.7. The van der Waals surface area contributed by atoms with Crippen LogP contribution >= 0.6 is 0 Å². The Morgan fingerprint density at radius 1 is 0.571 bits per heavy atom. The molecular weight excluding hydrogens is 336 g/mol. The highest BCUT2D eigenvalue weighted by molar-refractivity contribution is 5.21. The largest absolute Gasteiger partial charge is 0.0848 e. The Morgan fingerprint density at radius 2 is 1.21 bits per heavy atom. The summed E-state index contributed by atoms with van der Waals surface area (Å²) in [5.74, 6) is 8.67. The van der Waals surface area contributed by atoms with E-state index < -0.39 is 0 Å². The van der Waals surface area contributed by atoms with Crippen LogP contribution in [0.1, 0.15) is 104 Å². The Morgan fingerprint density at radius 3 is 2.00 bits per heavy atom. The van der Waals surface area contributed by atoms with Crippen molar-refractivity contribution >= 4 is 0 Å². The first-order valence-corrected chi connectivity index (χ1v) is 13.3. The monoisotopic (exact) mass is 380 g/mol. The van der Waals surface area contributed by atoms with Gasteiger partial charge in [0.2, 0.25) is 0 Å². The third-order valence-electron chi connectivity index (χ3n) is 12.0. The van der Waals surface area contributed by atoms with Crippen molar-refractivity contribution in [3.8, 4) is 0 Å². The van der Waals surface area contributed by atoms with Gasteiger partial charge in [0.1, 0.15) is 0 Å². The van der Waals surface area contributed by atoms with E-state index in [0.717, 1.165) is 47.3 Å². The van der Waals surface area contributed by atoms with Crippen LogP contribution in [0.5, 0.6) is 0 Å². The standard InChI is InChI=1S/C28H44/c1-27(12-5-3-4-6-13-27)28(2)14-7-8-19(11-15-28)23-17-22-18-24(23)26-21-10-9-20(16-21)25(22)26/h9-10,19-26H,3-8,11-18H2,1-2H3. The van der Waals surface area contributed by atoms with E-state index in [1.165, 1.54) is 57.8 Å². The minimum absolute atomic E-state index is 0.626. The van der Waals surface area contributed by atoms with Crippen molar-refractivity contribution in [1.29, 1.82) is 0 Å². The summed E-state index contributed by atoms with van der Waals surface area (Å²) >= 11 is 0. The SMILES string of the molecule is CC1(C2(C)CCCC(C3CC4CC3C3C5C=CC(C5)C43)CC2)CCCCCC1. The topological polar surface area (TPSA) is 0 Å². The summed E-state index contributed by atoms with van der Waals surface area (Å²) < 4.78 is 0. The van der Waals surface area contributed by atoms with E-state index in [2.05, 4.69) is 26.0 Å². The van der Waals surface area contributed by atoms with Gasteiger partial charge >= 0.3 is 0 Å². The van der Waals surface area contributed by atoms with E-state index in [-0.39, 0.29) is 0 Å². The molecule has 0 heterocycles. The van der Waals surface area contributed by atoms with Crippen LogP contribution in [0.4, 0.5) is 0 Å². The lowest BCUT2D eigenvalue weighted by molar-refractivity contribution is 0.0310. The number of hydrogen-bond acceptors (Lipinski definition) is 0. The van der Waals surface area contributed by atoms with E-state index in [9.17, 15) is 0 Å². The minimum Gasteiger partial charge on any atom is -0.0848 e. The van der Waals surface area contributed by atoms with E-state index in [4.69, 9.17) is 0 Å². The molecular formula is C28H44. The summed E-state index contributed by atoms with van der Waals surface area (Å²) in [6, 6.07) is 0. The summed E-state index contributed by atoms with van der Waals surface area (Å²) in [6.45, 7) is 5.42. The quantitative estimate of drug-likeness (QED) is 0.258. The molecule has 0 aromatic rings. The molecule has 5 fully saturated rings. The maximum atomic E-state index is 2.72. The summed E-state index contributed by atoms with van der Waals surface area (Å²) in [6.07, 6.45) is 26.8. The van der Waals surface area contributed by atoms with Crippen molar-refractivity contribution < 1.29 is 0 Å². The van der Waals surface area contributed by atoms with Crippen LogP contribution in [-0.4, -0.2) is 0 Å². The number of allylic oxidation sites excluding steroid dienone is 2. The van der Waals surface area contributed by atoms with Crippen molar-refractivity contribution in [2.45, 2.75) is 104 Å². The lowest BCUT2D eigenvalue weighted by Gasteiger charge is -2.47. The van der Waals surface area contributed by atoms with Crippen LogP contribution < -0.4 is 0 Å². The third-order valence-corrected chi connectivity index (χ3v) is 12.0. The molecule has 0 saturated heterocycles.